The van der Waals surface area contributed by atoms with Gasteiger partial charge in [-0.05, 0) is 39.8 Å². The number of anilines is 2. The molecular formula is C18H22F3N3O2. The number of halogens is 3. The van der Waals surface area contributed by atoms with Gasteiger partial charge in [0.15, 0.2) is 0 Å². The third-order valence-electron chi connectivity index (χ3n) is 3.39. The van der Waals surface area contributed by atoms with Crippen molar-refractivity contribution in [3.05, 3.63) is 36.0 Å². The summed E-state index contributed by atoms with van der Waals surface area (Å²) >= 11 is 0. The molecule has 1 aromatic carbocycles. The van der Waals surface area contributed by atoms with Gasteiger partial charge in [0.05, 0.1) is 12.7 Å². The smallest absolute Gasteiger partial charge is 0.423 e. The molecule has 0 spiro atoms. The molecule has 0 saturated carbocycles. The molecule has 0 radical (unpaired) electrons. The van der Waals surface area contributed by atoms with Crippen LogP contribution in [0.3, 0.4) is 0 Å². The molecule has 0 aliphatic heterocycles. The Hall–Kier alpha value is -2.51. The topological polar surface area (TPSA) is 47.5 Å². The van der Waals surface area contributed by atoms with Gasteiger partial charge in [-0.2, -0.15) is 18.2 Å². The van der Waals surface area contributed by atoms with Crippen LogP contribution in [0.25, 0.3) is 0 Å². The molecule has 0 bridgehead atoms. The first-order valence-electron chi connectivity index (χ1n) is 8.37. The lowest BCUT2D eigenvalue weighted by atomic mass is 10.2. The number of rotatable bonds is 7. The van der Waals surface area contributed by atoms with Gasteiger partial charge in [0.25, 0.3) is 0 Å². The molecular weight excluding hydrogens is 347 g/mol. The summed E-state index contributed by atoms with van der Waals surface area (Å²) in [6.07, 6.45) is -4.28. The molecule has 1 heterocycles. The number of aromatic nitrogens is 2. The maximum absolute atomic E-state index is 13.2. The van der Waals surface area contributed by atoms with Crippen LogP contribution in [0.5, 0.6) is 11.6 Å². The molecule has 8 heteroatoms. The highest BCUT2D eigenvalue weighted by Crippen LogP contribution is 2.36. The van der Waals surface area contributed by atoms with Gasteiger partial charge < -0.3 is 14.4 Å². The molecule has 0 unspecified atom stereocenters. The zero-order chi connectivity index (χ0) is 19.3. The van der Waals surface area contributed by atoms with Crippen molar-refractivity contribution in [2.75, 3.05) is 18.1 Å². The predicted octanol–water partition coefficient (Wildman–Crippen LogP) is 4.84. The van der Waals surface area contributed by atoms with Crippen LogP contribution in [-0.2, 0) is 6.18 Å². The number of alkyl halides is 3. The Morgan fingerprint density at radius 3 is 2.50 bits per heavy atom. The van der Waals surface area contributed by atoms with Crippen LogP contribution < -0.4 is 14.4 Å². The summed E-state index contributed by atoms with van der Waals surface area (Å²) in [6, 6.07) is 7.22. The third-order valence-corrected chi connectivity index (χ3v) is 3.39. The van der Waals surface area contributed by atoms with Crippen LogP contribution >= 0.6 is 0 Å². The predicted molar refractivity (Wildman–Crippen MR) is 93.1 cm³/mol. The molecule has 5 nitrogen and oxygen atoms in total. The normalized spacial score (nSPS) is 11.5. The number of ether oxygens (including phenoxy) is 2. The maximum Gasteiger partial charge on any atom is 0.423 e. The minimum Gasteiger partial charge on any atom is -0.494 e. The summed E-state index contributed by atoms with van der Waals surface area (Å²) in [5.41, 5.74) is -0.275. The summed E-state index contributed by atoms with van der Waals surface area (Å²) in [5.74, 6) is 0.315. The molecule has 0 atom stereocenters. The van der Waals surface area contributed by atoms with E-state index in [0.29, 0.717) is 24.6 Å². The third kappa shape index (κ3) is 4.77. The molecule has 0 fully saturated rings. The van der Waals surface area contributed by atoms with Crippen molar-refractivity contribution in [2.24, 2.45) is 0 Å². The van der Waals surface area contributed by atoms with Crippen LogP contribution in [0, 0.1) is 0 Å². The van der Waals surface area contributed by atoms with Gasteiger partial charge in [0.2, 0.25) is 11.8 Å². The average molecular weight is 369 g/mol. The van der Waals surface area contributed by atoms with Crippen LogP contribution in [-0.4, -0.2) is 29.2 Å². The zero-order valence-electron chi connectivity index (χ0n) is 15.2. The Morgan fingerprint density at radius 1 is 1.19 bits per heavy atom. The molecule has 0 saturated heterocycles. The van der Waals surface area contributed by atoms with Crippen LogP contribution in [0.15, 0.2) is 30.5 Å². The monoisotopic (exact) mass is 369 g/mol. The maximum atomic E-state index is 13.2. The van der Waals surface area contributed by atoms with Crippen molar-refractivity contribution >= 4 is 11.6 Å². The van der Waals surface area contributed by atoms with Crippen LogP contribution in [0.4, 0.5) is 24.8 Å². The second-order valence-corrected chi connectivity index (χ2v) is 5.73. The summed E-state index contributed by atoms with van der Waals surface area (Å²) < 4.78 is 50.3. The first kappa shape index (κ1) is 19.8. The van der Waals surface area contributed by atoms with E-state index in [1.807, 2.05) is 26.0 Å². The van der Waals surface area contributed by atoms with Crippen molar-refractivity contribution in [3.63, 3.8) is 0 Å². The Kier molecular flexibility index (Phi) is 6.28. The Bertz CT molecular complexity index is 736. The summed E-state index contributed by atoms with van der Waals surface area (Å²) in [7, 11) is 0. The van der Waals surface area contributed by atoms with E-state index in [4.69, 9.17) is 9.47 Å². The fraction of sp³-hybridized carbons (Fsp3) is 0.444. The van der Waals surface area contributed by atoms with Crippen molar-refractivity contribution < 1.29 is 22.6 Å². The summed E-state index contributed by atoms with van der Waals surface area (Å²) in [5, 5.41) is 0. The molecule has 2 rings (SSSR count). The van der Waals surface area contributed by atoms with E-state index < -0.39 is 23.7 Å². The van der Waals surface area contributed by atoms with Crippen LogP contribution in [0.1, 0.15) is 33.3 Å². The van der Waals surface area contributed by atoms with Gasteiger partial charge in [-0.1, -0.05) is 6.07 Å². The lowest BCUT2D eigenvalue weighted by molar-refractivity contribution is -0.139. The number of hydrogen-bond donors (Lipinski definition) is 0. The highest BCUT2D eigenvalue weighted by Gasteiger charge is 2.37. The Labute approximate surface area is 150 Å². The zero-order valence-corrected chi connectivity index (χ0v) is 15.2. The highest BCUT2D eigenvalue weighted by atomic mass is 19.4. The van der Waals surface area contributed by atoms with Crippen LogP contribution in [0.2, 0.25) is 0 Å². The summed E-state index contributed by atoms with van der Waals surface area (Å²) in [6.45, 7) is 7.99. The Balaban J connectivity index is 2.46. The molecule has 1 aromatic heterocycles. The van der Waals surface area contributed by atoms with Gasteiger partial charge in [0.1, 0.15) is 11.3 Å². The first-order chi connectivity index (χ1) is 12.3. The molecule has 142 valence electrons. The summed E-state index contributed by atoms with van der Waals surface area (Å²) in [4.78, 5) is 9.63. The quantitative estimate of drug-likeness (QED) is 0.699. The van der Waals surface area contributed by atoms with Gasteiger partial charge in [-0.15, -0.1) is 0 Å². The molecule has 0 amide bonds. The van der Waals surface area contributed by atoms with E-state index in [0.717, 1.165) is 6.20 Å². The molecule has 2 aromatic rings. The largest absolute Gasteiger partial charge is 0.494 e. The lowest BCUT2D eigenvalue weighted by Gasteiger charge is -2.23. The van der Waals surface area contributed by atoms with Gasteiger partial charge in [0, 0.05) is 24.5 Å². The second-order valence-electron chi connectivity index (χ2n) is 5.73. The van der Waals surface area contributed by atoms with E-state index in [9.17, 15) is 13.2 Å². The van der Waals surface area contributed by atoms with Crippen molar-refractivity contribution in [1.82, 2.24) is 9.97 Å². The molecule has 0 aliphatic rings. The second kappa shape index (κ2) is 8.25. The highest BCUT2D eigenvalue weighted by molar-refractivity contribution is 5.59. The van der Waals surface area contributed by atoms with E-state index in [2.05, 4.69) is 9.97 Å². The first-order valence-corrected chi connectivity index (χ1v) is 8.37. The number of nitrogens with zero attached hydrogens (tertiary/aromatic N) is 3. The minimum atomic E-state index is -4.59. The van der Waals surface area contributed by atoms with Gasteiger partial charge in [-0.3, -0.25) is 0 Å². The fourth-order valence-electron chi connectivity index (χ4n) is 2.34. The van der Waals surface area contributed by atoms with Crippen molar-refractivity contribution in [3.8, 4) is 11.6 Å². The SMILES string of the molecule is CCOc1cccc(N(CC)c2ncc(C(F)(F)F)c(OC(C)C)n2)c1. The standard InChI is InChI=1S/C18H22F3N3O2/c1-5-24(13-8-7-9-14(10-13)25-6-2)17-22-11-15(18(19,20)21)16(23-17)26-12(3)4/h7-12H,5-6H2,1-4H3. The lowest BCUT2D eigenvalue weighted by Crippen LogP contribution is -2.21. The minimum absolute atomic E-state index is 0.129. The van der Waals surface area contributed by atoms with E-state index in [1.165, 1.54) is 0 Å². The van der Waals surface area contributed by atoms with E-state index in [1.54, 1.807) is 30.9 Å². The molecule has 0 N–H and O–H groups in total. The van der Waals surface area contributed by atoms with E-state index in [-0.39, 0.29) is 5.95 Å². The number of hydrogen-bond acceptors (Lipinski definition) is 5. The van der Waals surface area contributed by atoms with Crippen molar-refractivity contribution in [1.29, 1.82) is 0 Å². The molecule has 0 aliphatic carbocycles. The van der Waals surface area contributed by atoms with E-state index >= 15 is 0 Å². The Morgan fingerprint density at radius 2 is 1.92 bits per heavy atom. The van der Waals surface area contributed by atoms with Crippen molar-refractivity contribution in [2.45, 2.75) is 40.0 Å². The molecule has 26 heavy (non-hydrogen) atoms. The number of benzene rings is 1. The average Bonchev–Trinajstić information content (AvgIpc) is 2.55. The van der Waals surface area contributed by atoms with Gasteiger partial charge in [-0.25, -0.2) is 4.98 Å². The fourth-order valence-corrected chi connectivity index (χ4v) is 2.34. The van der Waals surface area contributed by atoms with Gasteiger partial charge >= 0.3 is 6.18 Å².